The van der Waals surface area contributed by atoms with E-state index in [1.54, 1.807) is 25.7 Å². The Kier molecular flexibility index (Phi) is 16.0. The van der Waals surface area contributed by atoms with Gasteiger partial charge in [0.05, 0.1) is 19.1 Å². The van der Waals surface area contributed by atoms with E-state index in [2.05, 4.69) is 38.7 Å². The second-order valence-corrected chi connectivity index (χ2v) is 17.7. The van der Waals surface area contributed by atoms with Gasteiger partial charge in [0, 0.05) is 39.2 Å². The Balaban J connectivity index is 0.919. The molecule has 5 atom stereocenters. The van der Waals surface area contributed by atoms with Gasteiger partial charge in [0.2, 0.25) is 29.5 Å². The van der Waals surface area contributed by atoms with E-state index < -0.39 is 53.9 Å². The summed E-state index contributed by atoms with van der Waals surface area (Å²) in [6, 6.07) is 12.7. The lowest BCUT2D eigenvalue weighted by atomic mass is 9.98. The van der Waals surface area contributed by atoms with Crippen molar-refractivity contribution in [3.63, 3.8) is 0 Å². The van der Waals surface area contributed by atoms with Crippen molar-refractivity contribution < 1.29 is 47.8 Å². The second-order valence-electron chi connectivity index (χ2n) is 17.7. The molecule has 3 heterocycles. The molecule has 17 heteroatoms. The molecule has 2 aromatic rings. The lowest BCUT2D eigenvalue weighted by Crippen LogP contribution is -2.61. The number of amides is 7. The molecule has 2 unspecified atom stereocenters. The number of unbranched alkanes of at least 4 members (excludes halogenated alkanes) is 2. The van der Waals surface area contributed by atoms with Crippen molar-refractivity contribution >= 4 is 41.7 Å². The molecular weight excluding hydrogens is 811 g/mol. The van der Waals surface area contributed by atoms with Crippen LogP contribution in [0.15, 0.2) is 48.5 Å². The number of benzene rings is 2. The van der Waals surface area contributed by atoms with Crippen molar-refractivity contribution in [2.24, 2.45) is 0 Å². The number of carbonyl (C=O) groups is 7. The van der Waals surface area contributed by atoms with Gasteiger partial charge < -0.3 is 45.7 Å². The van der Waals surface area contributed by atoms with Crippen LogP contribution >= 0.6 is 0 Å². The summed E-state index contributed by atoms with van der Waals surface area (Å²) in [4.78, 5) is 94.0. The minimum Gasteiger partial charge on any atom is -0.448 e. The maximum Gasteiger partial charge on any atom is 0.410 e. The normalized spacial score (nSPS) is 21.8. The molecule has 1 aliphatic carbocycles. The summed E-state index contributed by atoms with van der Waals surface area (Å²) < 4.78 is 16.3. The van der Waals surface area contributed by atoms with Gasteiger partial charge in [-0.3, -0.25) is 28.9 Å². The van der Waals surface area contributed by atoms with Gasteiger partial charge in [-0.2, -0.15) is 0 Å². The fraction of sp³-hybridized carbons (Fsp3) is 0.587. The number of rotatable bonds is 18. The fourth-order valence-electron chi connectivity index (χ4n) is 8.90. The van der Waals surface area contributed by atoms with Gasteiger partial charge in [0.25, 0.3) is 0 Å². The van der Waals surface area contributed by atoms with Crippen LogP contribution in [0.25, 0.3) is 11.1 Å². The largest absolute Gasteiger partial charge is 0.448 e. The van der Waals surface area contributed by atoms with Crippen LogP contribution < -0.4 is 26.6 Å². The summed E-state index contributed by atoms with van der Waals surface area (Å²) >= 11 is 0. The van der Waals surface area contributed by atoms with Crippen LogP contribution in [0.1, 0.15) is 102 Å². The molecule has 63 heavy (non-hydrogen) atoms. The molecule has 3 saturated heterocycles. The lowest BCUT2D eigenvalue weighted by Gasteiger charge is -2.29. The first-order valence-electron chi connectivity index (χ1n) is 22.3. The molecule has 0 radical (unpaired) electrons. The highest BCUT2D eigenvalue weighted by molar-refractivity contribution is 5.97. The van der Waals surface area contributed by atoms with Gasteiger partial charge in [-0.15, -0.1) is 0 Å². The standard InChI is InChI=1S/C46H63N7O10/c1-46(2,3)63-44(59)49-29-26-38(53(27-29)45(60)62-28-34-32-16-7-5-14-30(32)31-15-6-8-17-33(31)34)43(58)48-23-12-10-19-36-41(56)50-35(40(55)51-36)18-9-11-22-47-42(57)37-20-13-24-52(37)39(54)21-25-61-4/h5-8,14-17,29,34-38H,9-13,18-28H2,1-4H3,(H,47,57)(H,48,58)(H,49,59)(H,50,56)(H,51,55)/t29-,35?,36?,37+,38+/m0/s1. The maximum atomic E-state index is 13.7. The predicted molar refractivity (Wildman–Crippen MR) is 232 cm³/mol. The summed E-state index contributed by atoms with van der Waals surface area (Å²) in [5.41, 5.74) is 3.59. The molecule has 3 aliphatic heterocycles. The zero-order valence-corrected chi connectivity index (χ0v) is 36.9. The van der Waals surface area contributed by atoms with E-state index in [1.807, 2.05) is 36.4 Å². The van der Waals surface area contributed by atoms with Gasteiger partial charge in [-0.05, 0) is 101 Å². The third kappa shape index (κ3) is 12.3. The van der Waals surface area contributed by atoms with Gasteiger partial charge in [0.1, 0.15) is 36.4 Å². The van der Waals surface area contributed by atoms with Gasteiger partial charge in [0.15, 0.2) is 0 Å². The highest BCUT2D eigenvalue weighted by Crippen LogP contribution is 2.44. The highest BCUT2D eigenvalue weighted by atomic mass is 16.6. The maximum absolute atomic E-state index is 13.7. The lowest BCUT2D eigenvalue weighted by molar-refractivity contribution is -0.139. The minimum atomic E-state index is -0.906. The van der Waals surface area contributed by atoms with Gasteiger partial charge >= 0.3 is 12.2 Å². The van der Waals surface area contributed by atoms with Crippen LogP contribution in [0.5, 0.6) is 0 Å². The van der Waals surface area contributed by atoms with Crippen LogP contribution in [-0.4, -0.2) is 134 Å². The molecule has 2 aromatic carbocycles. The molecule has 17 nitrogen and oxygen atoms in total. The average molecular weight is 874 g/mol. The van der Waals surface area contributed by atoms with Crippen LogP contribution in [0, 0.1) is 0 Å². The monoisotopic (exact) mass is 873 g/mol. The number of likely N-dealkylation sites (tertiary alicyclic amines) is 2. The van der Waals surface area contributed by atoms with E-state index in [0.717, 1.165) is 28.7 Å². The molecular formula is C46H63N7O10. The zero-order chi connectivity index (χ0) is 45.1. The summed E-state index contributed by atoms with van der Waals surface area (Å²) in [6.45, 7) is 6.92. The summed E-state index contributed by atoms with van der Waals surface area (Å²) in [5, 5.41) is 14.3. The molecule has 0 bridgehead atoms. The quantitative estimate of drug-likeness (QED) is 0.138. The Hall–Kier alpha value is -5.71. The zero-order valence-electron chi connectivity index (χ0n) is 36.9. The molecule has 5 N–H and O–H groups in total. The first kappa shape index (κ1) is 46.8. The Bertz CT molecular complexity index is 1940. The Morgan fingerprint density at radius 3 is 1.92 bits per heavy atom. The number of fused-ring (bicyclic) bond motifs is 3. The number of nitrogens with one attached hydrogen (secondary N) is 5. The van der Waals surface area contributed by atoms with Gasteiger partial charge in [-0.1, -0.05) is 48.5 Å². The number of alkyl carbamates (subject to hydrolysis) is 1. The van der Waals surface area contributed by atoms with Crippen molar-refractivity contribution in [3.8, 4) is 11.1 Å². The third-order valence-corrected chi connectivity index (χ3v) is 12.0. The van der Waals surface area contributed by atoms with Crippen LogP contribution in [0.3, 0.4) is 0 Å². The van der Waals surface area contributed by atoms with Crippen molar-refractivity contribution in [1.82, 2.24) is 36.4 Å². The number of hydrogen-bond acceptors (Lipinski definition) is 10. The van der Waals surface area contributed by atoms with E-state index in [4.69, 9.17) is 14.2 Å². The number of carbonyl (C=O) groups excluding carboxylic acids is 7. The molecule has 6 rings (SSSR count). The fourth-order valence-corrected chi connectivity index (χ4v) is 8.90. The van der Waals surface area contributed by atoms with Crippen LogP contribution in [-0.2, 0) is 38.2 Å². The van der Waals surface area contributed by atoms with Crippen molar-refractivity contribution in [2.75, 3.05) is 46.5 Å². The van der Waals surface area contributed by atoms with E-state index in [1.165, 1.54) is 12.0 Å². The molecule has 0 saturated carbocycles. The van der Waals surface area contributed by atoms with E-state index in [0.29, 0.717) is 64.6 Å². The molecule has 0 aromatic heterocycles. The van der Waals surface area contributed by atoms with E-state index in [9.17, 15) is 33.6 Å². The number of piperazine rings is 1. The molecule has 4 aliphatic rings. The summed E-state index contributed by atoms with van der Waals surface area (Å²) in [7, 11) is 1.53. The molecule has 3 fully saturated rings. The molecule has 7 amide bonds. The highest BCUT2D eigenvalue weighted by Gasteiger charge is 2.42. The summed E-state index contributed by atoms with van der Waals surface area (Å²) in [5.74, 6) is -1.37. The first-order valence-corrected chi connectivity index (χ1v) is 22.3. The molecule has 0 spiro atoms. The second kappa shape index (κ2) is 21.6. The van der Waals surface area contributed by atoms with E-state index >= 15 is 0 Å². The third-order valence-electron chi connectivity index (χ3n) is 12.0. The summed E-state index contributed by atoms with van der Waals surface area (Å²) in [6.07, 6.45) is 3.53. The minimum absolute atomic E-state index is 0.0561. The smallest absolute Gasteiger partial charge is 0.410 e. The van der Waals surface area contributed by atoms with Crippen LogP contribution in [0.4, 0.5) is 9.59 Å². The Morgan fingerprint density at radius 1 is 0.778 bits per heavy atom. The van der Waals surface area contributed by atoms with Crippen molar-refractivity contribution in [1.29, 1.82) is 0 Å². The number of hydrogen-bond donors (Lipinski definition) is 5. The topological polar surface area (TPSA) is 214 Å². The number of ether oxygens (including phenoxy) is 3. The number of nitrogens with zero attached hydrogens (tertiary/aromatic N) is 2. The predicted octanol–water partition coefficient (Wildman–Crippen LogP) is 3.49. The van der Waals surface area contributed by atoms with E-state index in [-0.39, 0.29) is 62.1 Å². The van der Waals surface area contributed by atoms with Crippen molar-refractivity contribution in [3.05, 3.63) is 59.7 Å². The Morgan fingerprint density at radius 2 is 1.35 bits per heavy atom. The SMILES string of the molecule is COCCC(=O)N1CCC[C@@H]1C(=O)NCCCCC1NC(=O)C(CCCCNC(=O)[C@H]2C[C@H](NC(=O)OC(C)(C)C)CN2C(=O)OCC2c3ccccc3-c3ccccc32)NC1=O. The Labute approximate surface area is 369 Å². The van der Waals surface area contributed by atoms with Gasteiger partial charge in [-0.25, -0.2) is 9.59 Å². The number of methoxy groups -OCH3 is 1. The molecule has 342 valence electrons. The average Bonchev–Trinajstić information content (AvgIpc) is 3.99. The van der Waals surface area contributed by atoms with Crippen molar-refractivity contribution in [2.45, 2.75) is 127 Å². The first-order chi connectivity index (χ1) is 30.2. The van der Waals surface area contributed by atoms with Crippen LogP contribution in [0.2, 0.25) is 0 Å².